The number of carbonyl (C=O) groups excluding carboxylic acids is 1. The molecule has 0 fully saturated rings. The number of benzene rings is 2. The maximum absolute atomic E-state index is 14.2. The van der Waals surface area contributed by atoms with Gasteiger partial charge in [-0.05, 0) is 36.6 Å². The van der Waals surface area contributed by atoms with E-state index in [4.69, 9.17) is 9.47 Å². The number of carbonyl (C=O) groups is 1. The minimum atomic E-state index is -0.633. The first-order valence-corrected chi connectivity index (χ1v) is 8.52. The highest BCUT2D eigenvalue weighted by Gasteiger charge is 2.24. The Kier molecular flexibility index (Phi) is 4.36. The summed E-state index contributed by atoms with van der Waals surface area (Å²) >= 11 is 0. The van der Waals surface area contributed by atoms with Crippen LogP contribution >= 0.6 is 0 Å². The maximum atomic E-state index is 14.2. The molecule has 1 amide bonds. The van der Waals surface area contributed by atoms with Crippen molar-refractivity contribution in [3.8, 4) is 11.5 Å². The number of amides is 1. The molecule has 136 valence electrons. The van der Waals surface area contributed by atoms with Gasteiger partial charge in [0, 0.05) is 24.4 Å². The van der Waals surface area contributed by atoms with Crippen LogP contribution in [-0.4, -0.2) is 32.2 Å². The molecule has 2 aliphatic rings. The van der Waals surface area contributed by atoms with Crippen molar-refractivity contribution < 1.29 is 23.0 Å². The van der Waals surface area contributed by atoms with Crippen molar-refractivity contribution in [3.63, 3.8) is 0 Å². The van der Waals surface area contributed by atoms with Gasteiger partial charge < -0.3 is 19.7 Å². The summed E-state index contributed by atoms with van der Waals surface area (Å²) in [6, 6.07) is 7.36. The van der Waals surface area contributed by atoms with Gasteiger partial charge in [-0.3, -0.25) is 4.79 Å². The molecule has 7 heteroatoms. The largest absolute Gasteiger partial charge is 0.486 e. The second-order valence-electron chi connectivity index (χ2n) is 6.33. The summed E-state index contributed by atoms with van der Waals surface area (Å²) in [5.74, 6) is -0.281. The summed E-state index contributed by atoms with van der Waals surface area (Å²) in [7, 11) is 0. The third-order valence-corrected chi connectivity index (χ3v) is 4.46. The second-order valence-corrected chi connectivity index (χ2v) is 6.33. The lowest BCUT2D eigenvalue weighted by Gasteiger charge is -2.31. The van der Waals surface area contributed by atoms with Gasteiger partial charge in [0.1, 0.15) is 24.8 Å². The highest BCUT2D eigenvalue weighted by Crippen LogP contribution is 2.33. The molecule has 0 unspecified atom stereocenters. The summed E-state index contributed by atoms with van der Waals surface area (Å²) < 4.78 is 38.6. The molecular formula is C19H18F2N2O3. The van der Waals surface area contributed by atoms with Crippen molar-refractivity contribution in [1.82, 2.24) is 0 Å². The number of anilines is 2. The molecule has 1 N–H and O–H groups in total. The summed E-state index contributed by atoms with van der Waals surface area (Å²) in [5.41, 5.74) is 1.49. The van der Waals surface area contributed by atoms with E-state index in [9.17, 15) is 13.6 Å². The number of nitrogens with one attached hydrogen (secondary N) is 1. The molecule has 0 radical (unpaired) electrons. The Morgan fingerprint density at radius 3 is 2.77 bits per heavy atom. The first-order valence-electron chi connectivity index (χ1n) is 8.52. The van der Waals surface area contributed by atoms with Crippen molar-refractivity contribution >= 4 is 17.3 Å². The van der Waals surface area contributed by atoms with Crippen LogP contribution in [0, 0.1) is 11.6 Å². The van der Waals surface area contributed by atoms with E-state index in [-0.39, 0.29) is 12.5 Å². The monoisotopic (exact) mass is 360 g/mol. The predicted octanol–water partition coefficient (Wildman–Crippen LogP) is 3.13. The van der Waals surface area contributed by atoms with Gasteiger partial charge in [-0.25, -0.2) is 8.78 Å². The third-order valence-electron chi connectivity index (χ3n) is 4.46. The molecule has 4 rings (SSSR count). The average molecular weight is 360 g/mol. The van der Waals surface area contributed by atoms with Gasteiger partial charge in [-0.2, -0.15) is 0 Å². The van der Waals surface area contributed by atoms with E-state index in [0.29, 0.717) is 54.6 Å². The average Bonchev–Trinajstić information content (AvgIpc) is 2.61. The Morgan fingerprint density at radius 2 is 1.92 bits per heavy atom. The van der Waals surface area contributed by atoms with Gasteiger partial charge in [0.05, 0.1) is 12.2 Å². The molecule has 0 bridgehead atoms. The summed E-state index contributed by atoms with van der Waals surface area (Å²) in [6.45, 7) is 1.50. The van der Waals surface area contributed by atoms with Crippen LogP contribution in [0.4, 0.5) is 20.2 Å². The Labute approximate surface area is 149 Å². The number of nitrogens with zero attached hydrogens (tertiary/aromatic N) is 1. The highest BCUT2D eigenvalue weighted by atomic mass is 19.1. The molecule has 0 spiro atoms. The van der Waals surface area contributed by atoms with Gasteiger partial charge in [-0.15, -0.1) is 0 Å². The molecule has 2 aliphatic heterocycles. The molecule has 2 heterocycles. The second kappa shape index (κ2) is 6.82. The van der Waals surface area contributed by atoms with E-state index in [1.807, 2.05) is 0 Å². The van der Waals surface area contributed by atoms with E-state index in [2.05, 4.69) is 5.32 Å². The van der Waals surface area contributed by atoms with Crippen LogP contribution in [0.15, 0.2) is 30.3 Å². The molecule has 0 saturated heterocycles. The molecule has 0 atom stereocenters. The summed E-state index contributed by atoms with van der Waals surface area (Å²) in [5, 5.41) is 2.79. The minimum absolute atomic E-state index is 0.00993. The van der Waals surface area contributed by atoms with Gasteiger partial charge >= 0.3 is 0 Å². The van der Waals surface area contributed by atoms with Gasteiger partial charge in [0.2, 0.25) is 5.91 Å². The van der Waals surface area contributed by atoms with Crippen LogP contribution in [0.3, 0.4) is 0 Å². The van der Waals surface area contributed by atoms with Crippen LogP contribution < -0.4 is 19.7 Å². The summed E-state index contributed by atoms with van der Waals surface area (Å²) in [6.07, 6.45) is 1.34. The molecule has 5 nitrogen and oxygen atoms in total. The Hall–Kier alpha value is -2.83. The van der Waals surface area contributed by atoms with E-state index < -0.39 is 11.6 Å². The fourth-order valence-corrected chi connectivity index (χ4v) is 3.39. The fourth-order valence-electron chi connectivity index (χ4n) is 3.39. The molecule has 0 saturated carbocycles. The first-order chi connectivity index (χ1) is 12.6. The number of ether oxygens (including phenoxy) is 2. The lowest BCUT2D eigenvalue weighted by atomic mass is 10.0. The van der Waals surface area contributed by atoms with Crippen LogP contribution in [-0.2, 0) is 11.2 Å². The van der Waals surface area contributed by atoms with Crippen LogP contribution in [0.25, 0.3) is 0 Å². The van der Waals surface area contributed by atoms with Crippen molar-refractivity contribution in [1.29, 1.82) is 0 Å². The Morgan fingerprint density at radius 1 is 1.12 bits per heavy atom. The first kappa shape index (κ1) is 16.6. The van der Waals surface area contributed by atoms with Crippen molar-refractivity contribution in [2.75, 3.05) is 36.5 Å². The quantitative estimate of drug-likeness (QED) is 0.914. The molecule has 2 aromatic rings. The van der Waals surface area contributed by atoms with E-state index in [1.54, 1.807) is 23.1 Å². The normalized spacial score (nSPS) is 15.4. The lowest BCUT2D eigenvalue weighted by Crippen LogP contribution is -2.37. The van der Waals surface area contributed by atoms with Gasteiger partial charge in [0.15, 0.2) is 11.5 Å². The smallest absolute Gasteiger partial charge is 0.243 e. The lowest BCUT2D eigenvalue weighted by molar-refractivity contribution is -0.115. The number of rotatable bonds is 3. The van der Waals surface area contributed by atoms with Crippen molar-refractivity contribution in [2.24, 2.45) is 0 Å². The van der Waals surface area contributed by atoms with E-state index in [1.165, 1.54) is 6.07 Å². The molecule has 0 aromatic heterocycles. The van der Waals surface area contributed by atoms with E-state index in [0.717, 1.165) is 12.5 Å². The zero-order valence-electron chi connectivity index (χ0n) is 14.1. The zero-order chi connectivity index (χ0) is 18.1. The number of halogens is 2. The van der Waals surface area contributed by atoms with Crippen molar-refractivity contribution in [3.05, 3.63) is 47.5 Å². The van der Waals surface area contributed by atoms with Gasteiger partial charge in [-0.1, -0.05) is 0 Å². The third kappa shape index (κ3) is 3.29. The number of fused-ring (bicyclic) bond motifs is 2. The highest BCUT2D eigenvalue weighted by molar-refractivity contribution is 5.94. The van der Waals surface area contributed by atoms with Crippen molar-refractivity contribution in [2.45, 2.75) is 12.8 Å². The molecule has 26 heavy (non-hydrogen) atoms. The van der Waals surface area contributed by atoms with Crippen LogP contribution in [0.2, 0.25) is 0 Å². The molecule has 0 aliphatic carbocycles. The van der Waals surface area contributed by atoms with Gasteiger partial charge in [0.25, 0.3) is 0 Å². The molecular weight excluding hydrogens is 342 g/mol. The predicted molar refractivity (Wildman–Crippen MR) is 93.0 cm³/mol. The molecule has 2 aromatic carbocycles. The standard InChI is InChI=1S/C19H18F2N2O3/c20-13-8-12-2-1-5-23(19(12)15(21)9-13)11-18(24)22-14-3-4-16-17(10-14)26-7-6-25-16/h3-4,8-10H,1-2,5-7,11H2,(H,22,24). The van der Waals surface area contributed by atoms with Crippen LogP contribution in [0.1, 0.15) is 12.0 Å². The zero-order valence-corrected chi connectivity index (χ0v) is 14.1. The SMILES string of the molecule is O=C(CN1CCCc2cc(F)cc(F)c21)Nc1ccc2c(c1)OCCO2. The van der Waals surface area contributed by atoms with Crippen LogP contribution in [0.5, 0.6) is 11.5 Å². The van der Waals surface area contributed by atoms with E-state index >= 15 is 0 Å². The number of hydrogen-bond acceptors (Lipinski definition) is 4. The fraction of sp³-hybridized carbons (Fsp3) is 0.316. The minimum Gasteiger partial charge on any atom is -0.486 e. The maximum Gasteiger partial charge on any atom is 0.243 e. The Bertz CT molecular complexity index is 857. The Balaban J connectivity index is 1.48. The number of aryl methyl sites for hydroxylation is 1. The summed E-state index contributed by atoms with van der Waals surface area (Å²) in [4.78, 5) is 14.1. The topological polar surface area (TPSA) is 50.8 Å². The number of hydrogen-bond donors (Lipinski definition) is 1.